The van der Waals surface area contributed by atoms with E-state index in [0.29, 0.717) is 0 Å². The van der Waals surface area contributed by atoms with Crippen LogP contribution >= 0.6 is 0 Å². The Balaban J connectivity index is 2.67. The molecule has 1 amide bonds. The molecule has 51 valence electrons. The van der Waals surface area contributed by atoms with Gasteiger partial charge < -0.3 is 0 Å². The van der Waals surface area contributed by atoms with Crippen molar-refractivity contribution in [1.82, 2.24) is 0 Å². The van der Waals surface area contributed by atoms with Gasteiger partial charge in [0, 0.05) is 0 Å². The van der Waals surface area contributed by atoms with Gasteiger partial charge in [0.2, 0.25) is 0 Å². The van der Waals surface area contributed by atoms with Gasteiger partial charge in [-0.05, 0) is 0 Å². The first-order valence-electron chi connectivity index (χ1n) is 2.82. The van der Waals surface area contributed by atoms with Crippen LogP contribution in [0.4, 0.5) is 10.5 Å². The molecule has 0 aromatic heterocycles. The zero-order valence-corrected chi connectivity index (χ0v) is 6.92. The third-order valence-corrected chi connectivity index (χ3v) is 1.23. The van der Waals surface area contributed by atoms with Gasteiger partial charge in [-0.2, -0.15) is 0 Å². The van der Waals surface area contributed by atoms with Gasteiger partial charge in [-0.25, -0.2) is 0 Å². The summed E-state index contributed by atoms with van der Waals surface area (Å²) in [6.45, 7) is 0. The van der Waals surface area contributed by atoms with Gasteiger partial charge in [-0.3, -0.25) is 0 Å². The molecular formula is C7H6NOSe. The molecule has 1 aromatic carbocycles. The van der Waals surface area contributed by atoms with E-state index in [0.717, 1.165) is 5.69 Å². The standard InChI is InChI=1S/C7H6NOSe/c9-7(10)8-6-4-2-1-3-5-6/h1-5H,(H,8,9). The van der Waals surface area contributed by atoms with Crippen molar-refractivity contribution in [3.8, 4) is 0 Å². The van der Waals surface area contributed by atoms with E-state index >= 15 is 0 Å². The molecule has 0 bridgehead atoms. The van der Waals surface area contributed by atoms with Crippen molar-refractivity contribution < 1.29 is 4.79 Å². The first kappa shape index (κ1) is 7.32. The van der Waals surface area contributed by atoms with Crippen LogP contribution in [0.3, 0.4) is 0 Å². The molecule has 0 unspecified atom stereocenters. The Morgan fingerprint density at radius 2 is 1.90 bits per heavy atom. The van der Waals surface area contributed by atoms with Crippen LogP contribution in [0.5, 0.6) is 0 Å². The van der Waals surface area contributed by atoms with E-state index in [1.54, 1.807) is 0 Å². The number of para-hydroxylation sites is 1. The Labute approximate surface area is 67.4 Å². The number of hydrogen-bond donors (Lipinski definition) is 1. The van der Waals surface area contributed by atoms with Crippen LogP contribution in [0.25, 0.3) is 0 Å². The quantitative estimate of drug-likeness (QED) is 0.680. The zero-order chi connectivity index (χ0) is 7.40. The number of anilines is 1. The summed E-state index contributed by atoms with van der Waals surface area (Å²) >= 11 is 2.34. The van der Waals surface area contributed by atoms with Crippen LogP contribution in [-0.2, 0) is 0 Å². The van der Waals surface area contributed by atoms with Crippen molar-refractivity contribution in [2.24, 2.45) is 0 Å². The van der Waals surface area contributed by atoms with E-state index in [9.17, 15) is 4.79 Å². The molecule has 0 atom stereocenters. The fourth-order valence-electron chi connectivity index (χ4n) is 0.639. The Morgan fingerprint density at radius 3 is 2.40 bits per heavy atom. The van der Waals surface area contributed by atoms with Crippen LogP contribution < -0.4 is 5.32 Å². The van der Waals surface area contributed by atoms with Crippen molar-refractivity contribution in [2.45, 2.75) is 0 Å². The molecule has 1 aromatic rings. The van der Waals surface area contributed by atoms with Crippen LogP contribution in [0, 0.1) is 0 Å². The third kappa shape index (κ3) is 2.21. The number of hydrogen-bond acceptors (Lipinski definition) is 1. The normalized spacial score (nSPS) is 8.80. The molecule has 0 saturated carbocycles. The van der Waals surface area contributed by atoms with Crippen molar-refractivity contribution in [3.05, 3.63) is 30.3 Å². The van der Waals surface area contributed by atoms with Crippen LogP contribution in [0.2, 0.25) is 0 Å². The first-order valence-corrected chi connectivity index (χ1v) is 3.68. The van der Waals surface area contributed by atoms with Gasteiger partial charge in [0.05, 0.1) is 0 Å². The summed E-state index contributed by atoms with van der Waals surface area (Å²) in [7, 11) is 0. The second-order valence-corrected chi connectivity index (χ2v) is 2.56. The fourth-order valence-corrected chi connectivity index (χ4v) is 0.887. The van der Waals surface area contributed by atoms with Crippen LogP contribution in [0.1, 0.15) is 0 Å². The number of benzene rings is 1. The minimum atomic E-state index is -0.161. The average molecular weight is 199 g/mol. The molecular weight excluding hydrogens is 193 g/mol. The van der Waals surface area contributed by atoms with E-state index in [1.165, 1.54) is 0 Å². The van der Waals surface area contributed by atoms with Crippen LogP contribution in [0.15, 0.2) is 30.3 Å². The molecule has 3 heteroatoms. The number of nitrogens with one attached hydrogen (secondary N) is 1. The Bertz CT molecular complexity index is 222. The molecule has 0 aliphatic heterocycles. The summed E-state index contributed by atoms with van der Waals surface area (Å²) in [5, 5.41) is 2.61. The first-order chi connectivity index (χ1) is 4.79. The summed E-state index contributed by atoms with van der Waals surface area (Å²) < 4.78 is 0. The van der Waals surface area contributed by atoms with Gasteiger partial charge in [0.25, 0.3) is 0 Å². The topological polar surface area (TPSA) is 29.1 Å². The van der Waals surface area contributed by atoms with Gasteiger partial charge in [0.15, 0.2) is 0 Å². The zero-order valence-electron chi connectivity index (χ0n) is 5.20. The fraction of sp³-hybridized carbons (Fsp3) is 0. The molecule has 0 aliphatic rings. The van der Waals surface area contributed by atoms with Crippen molar-refractivity contribution in [1.29, 1.82) is 0 Å². The van der Waals surface area contributed by atoms with Gasteiger partial charge in [0.1, 0.15) is 0 Å². The average Bonchev–Trinajstić information content (AvgIpc) is 1.88. The molecule has 2 nitrogen and oxygen atoms in total. The van der Waals surface area contributed by atoms with Crippen molar-refractivity contribution in [2.75, 3.05) is 5.32 Å². The predicted molar refractivity (Wildman–Crippen MR) is 41.2 cm³/mol. The van der Waals surface area contributed by atoms with E-state index in [2.05, 4.69) is 21.3 Å². The molecule has 0 heterocycles. The summed E-state index contributed by atoms with van der Waals surface area (Å²) in [4.78, 5) is 10.3. The molecule has 1 rings (SSSR count). The Morgan fingerprint density at radius 1 is 1.30 bits per heavy atom. The predicted octanol–water partition coefficient (Wildman–Crippen LogP) is 1.39. The van der Waals surface area contributed by atoms with Crippen molar-refractivity contribution in [3.63, 3.8) is 0 Å². The second kappa shape index (κ2) is 3.40. The second-order valence-electron chi connectivity index (χ2n) is 1.78. The summed E-state index contributed by atoms with van der Waals surface area (Å²) in [5.74, 6) is 0. The third-order valence-electron chi connectivity index (χ3n) is 1.02. The molecule has 0 aliphatic carbocycles. The van der Waals surface area contributed by atoms with Gasteiger partial charge in [-0.15, -0.1) is 0 Å². The molecule has 1 N–H and O–H groups in total. The van der Waals surface area contributed by atoms with Gasteiger partial charge >= 0.3 is 66.9 Å². The summed E-state index contributed by atoms with van der Waals surface area (Å²) in [6.07, 6.45) is 0. The van der Waals surface area contributed by atoms with E-state index < -0.39 is 0 Å². The monoisotopic (exact) mass is 200 g/mol. The number of carbonyl (C=O) groups is 1. The number of carbonyl (C=O) groups excluding carboxylic acids is 1. The number of rotatable bonds is 1. The van der Waals surface area contributed by atoms with E-state index in [-0.39, 0.29) is 4.81 Å². The molecule has 0 fully saturated rings. The van der Waals surface area contributed by atoms with E-state index in [4.69, 9.17) is 0 Å². The molecule has 0 saturated heterocycles. The Kier molecular flexibility index (Phi) is 2.49. The van der Waals surface area contributed by atoms with Gasteiger partial charge in [-0.1, -0.05) is 0 Å². The molecule has 1 radical (unpaired) electrons. The molecule has 10 heavy (non-hydrogen) atoms. The SMILES string of the molecule is O=C([Se])Nc1ccccc1. The maximum atomic E-state index is 10.4. The summed E-state index contributed by atoms with van der Waals surface area (Å²) in [6, 6.07) is 9.29. The Hall–Kier alpha value is -0.791. The maximum absolute atomic E-state index is 10.4. The minimum absolute atomic E-state index is 0.161. The van der Waals surface area contributed by atoms with E-state index in [1.807, 2.05) is 30.3 Å². The van der Waals surface area contributed by atoms with Crippen LogP contribution in [-0.4, -0.2) is 20.8 Å². The number of amides is 1. The van der Waals surface area contributed by atoms with Crippen molar-refractivity contribution >= 4 is 26.5 Å². The molecule has 0 spiro atoms. The summed E-state index contributed by atoms with van der Waals surface area (Å²) in [5.41, 5.74) is 0.811.